The molecular weight excluding hydrogens is 216 g/mol. The van der Waals surface area contributed by atoms with E-state index in [1.165, 1.54) is 22.3 Å². The van der Waals surface area contributed by atoms with E-state index in [0.717, 1.165) is 0 Å². The van der Waals surface area contributed by atoms with Gasteiger partial charge in [0.15, 0.2) is 0 Å². The van der Waals surface area contributed by atoms with E-state index in [1.807, 2.05) is 0 Å². The molecule has 0 aliphatic carbocycles. The topological polar surface area (TPSA) is 38.0 Å². The summed E-state index contributed by atoms with van der Waals surface area (Å²) in [5.74, 6) is 5.64. The molecule has 16 heavy (non-hydrogen) atoms. The predicted molar refractivity (Wildman–Crippen MR) is 69.4 cm³/mol. The molecule has 0 amide bonds. The van der Waals surface area contributed by atoms with Gasteiger partial charge in [-0.25, -0.2) is 5.43 Å². The van der Waals surface area contributed by atoms with Crippen LogP contribution in [0.2, 0.25) is 0 Å². The number of hydrazine groups is 1. The number of benzene rings is 1. The first-order valence-corrected chi connectivity index (χ1v) is 6.22. The molecule has 1 aromatic heterocycles. The highest BCUT2D eigenvalue weighted by molar-refractivity contribution is 7.08. The summed E-state index contributed by atoms with van der Waals surface area (Å²) in [4.78, 5) is 0. The zero-order valence-electron chi connectivity index (χ0n) is 9.53. The van der Waals surface area contributed by atoms with Crippen molar-refractivity contribution in [1.29, 1.82) is 0 Å². The third kappa shape index (κ3) is 2.16. The van der Waals surface area contributed by atoms with E-state index in [2.05, 4.69) is 54.3 Å². The van der Waals surface area contributed by atoms with Crippen molar-refractivity contribution < 1.29 is 0 Å². The molecule has 84 valence electrons. The third-order valence-electron chi connectivity index (χ3n) is 2.91. The second-order valence-electron chi connectivity index (χ2n) is 4.00. The molecule has 0 aliphatic rings. The van der Waals surface area contributed by atoms with Gasteiger partial charge >= 0.3 is 0 Å². The number of aryl methyl sites for hydroxylation is 2. The number of hydrogen-bond acceptors (Lipinski definition) is 3. The number of rotatable bonds is 3. The van der Waals surface area contributed by atoms with Crippen molar-refractivity contribution in [2.45, 2.75) is 19.9 Å². The van der Waals surface area contributed by atoms with Gasteiger partial charge in [0.2, 0.25) is 0 Å². The van der Waals surface area contributed by atoms with Crippen LogP contribution in [0, 0.1) is 13.8 Å². The lowest BCUT2D eigenvalue weighted by atomic mass is 9.98. The Labute approximate surface area is 100 Å². The average Bonchev–Trinajstić information content (AvgIpc) is 2.78. The SMILES string of the molecule is Cc1ccc(C(NN)c2ccsc2)cc1C. The monoisotopic (exact) mass is 232 g/mol. The van der Waals surface area contributed by atoms with Crippen LogP contribution in [0.5, 0.6) is 0 Å². The maximum atomic E-state index is 5.64. The van der Waals surface area contributed by atoms with E-state index >= 15 is 0 Å². The maximum absolute atomic E-state index is 5.64. The van der Waals surface area contributed by atoms with Crippen LogP contribution in [-0.4, -0.2) is 0 Å². The Morgan fingerprint density at radius 1 is 1.12 bits per heavy atom. The molecule has 2 nitrogen and oxygen atoms in total. The summed E-state index contributed by atoms with van der Waals surface area (Å²) in [5, 5.41) is 4.19. The summed E-state index contributed by atoms with van der Waals surface area (Å²) in [5.41, 5.74) is 7.91. The fraction of sp³-hybridized carbons (Fsp3) is 0.231. The smallest absolute Gasteiger partial charge is 0.0718 e. The minimum atomic E-state index is 0.0885. The van der Waals surface area contributed by atoms with Gasteiger partial charge in [-0.05, 0) is 52.9 Å². The Hall–Kier alpha value is -1.16. The molecule has 0 saturated carbocycles. The van der Waals surface area contributed by atoms with Crippen molar-refractivity contribution >= 4 is 11.3 Å². The van der Waals surface area contributed by atoms with E-state index in [9.17, 15) is 0 Å². The van der Waals surface area contributed by atoms with Crippen molar-refractivity contribution in [1.82, 2.24) is 5.43 Å². The van der Waals surface area contributed by atoms with Gasteiger partial charge in [0.25, 0.3) is 0 Å². The van der Waals surface area contributed by atoms with Gasteiger partial charge in [0, 0.05) is 0 Å². The number of nitrogens with two attached hydrogens (primary N) is 1. The average molecular weight is 232 g/mol. The zero-order chi connectivity index (χ0) is 11.5. The van der Waals surface area contributed by atoms with E-state index in [-0.39, 0.29) is 6.04 Å². The molecule has 0 spiro atoms. The van der Waals surface area contributed by atoms with Crippen molar-refractivity contribution in [3.63, 3.8) is 0 Å². The quantitative estimate of drug-likeness (QED) is 0.631. The molecular formula is C13H16N2S. The minimum absolute atomic E-state index is 0.0885. The van der Waals surface area contributed by atoms with Crippen LogP contribution in [0.25, 0.3) is 0 Å². The van der Waals surface area contributed by atoms with Gasteiger partial charge in [-0.2, -0.15) is 11.3 Å². The van der Waals surface area contributed by atoms with Gasteiger partial charge < -0.3 is 0 Å². The molecule has 0 saturated heterocycles. The Kier molecular flexibility index (Phi) is 3.39. The van der Waals surface area contributed by atoms with Crippen LogP contribution >= 0.6 is 11.3 Å². The van der Waals surface area contributed by atoms with Crippen molar-refractivity contribution in [2.24, 2.45) is 5.84 Å². The molecule has 0 bridgehead atoms. The highest BCUT2D eigenvalue weighted by Gasteiger charge is 2.12. The van der Waals surface area contributed by atoms with Gasteiger partial charge in [-0.1, -0.05) is 18.2 Å². The molecule has 0 fully saturated rings. The van der Waals surface area contributed by atoms with Crippen molar-refractivity contribution in [3.05, 3.63) is 57.3 Å². The van der Waals surface area contributed by atoms with E-state index < -0.39 is 0 Å². The van der Waals surface area contributed by atoms with Gasteiger partial charge in [0.05, 0.1) is 6.04 Å². The minimum Gasteiger partial charge on any atom is -0.271 e. The summed E-state index contributed by atoms with van der Waals surface area (Å²) >= 11 is 1.69. The lowest BCUT2D eigenvalue weighted by molar-refractivity contribution is 0.638. The van der Waals surface area contributed by atoms with Crippen LogP contribution in [0.15, 0.2) is 35.0 Å². The fourth-order valence-electron chi connectivity index (χ4n) is 1.77. The first-order chi connectivity index (χ1) is 7.72. The number of nitrogens with one attached hydrogen (secondary N) is 1. The Morgan fingerprint density at radius 3 is 2.50 bits per heavy atom. The fourth-order valence-corrected chi connectivity index (χ4v) is 2.45. The molecule has 2 aromatic rings. The van der Waals surface area contributed by atoms with Crippen molar-refractivity contribution in [2.75, 3.05) is 0 Å². The lowest BCUT2D eigenvalue weighted by Crippen LogP contribution is -2.28. The van der Waals surface area contributed by atoms with Crippen LogP contribution in [0.1, 0.15) is 28.3 Å². The van der Waals surface area contributed by atoms with Crippen molar-refractivity contribution in [3.8, 4) is 0 Å². The summed E-state index contributed by atoms with van der Waals surface area (Å²) < 4.78 is 0. The summed E-state index contributed by atoms with van der Waals surface area (Å²) in [7, 11) is 0. The summed E-state index contributed by atoms with van der Waals surface area (Å²) in [6, 6.07) is 8.65. The Balaban J connectivity index is 2.37. The van der Waals surface area contributed by atoms with Crippen LogP contribution < -0.4 is 11.3 Å². The van der Waals surface area contributed by atoms with Crippen LogP contribution in [-0.2, 0) is 0 Å². The predicted octanol–water partition coefficient (Wildman–Crippen LogP) is 2.92. The summed E-state index contributed by atoms with van der Waals surface area (Å²) in [6.07, 6.45) is 0. The van der Waals surface area contributed by atoms with E-state index in [1.54, 1.807) is 11.3 Å². The standard InChI is InChI=1S/C13H16N2S/c1-9-3-4-11(7-10(9)2)13(15-14)12-5-6-16-8-12/h3-8,13,15H,14H2,1-2H3. The van der Waals surface area contributed by atoms with Crippen LogP contribution in [0.3, 0.4) is 0 Å². The molecule has 1 atom stereocenters. The molecule has 1 heterocycles. The van der Waals surface area contributed by atoms with Gasteiger partial charge in [-0.3, -0.25) is 5.84 Å². The molecule has 0 radical (unpaired) electrons. The Morgan fingerprint density at radius 2 is 1.94 bits per heavy atom. The van der Waals surface area contributed by atoms with Gasteiger partial charge in [0.1, 0.15) is 0 Å². The van der Waals surface area contributed by atoms with E-state index in [4.69, 9.17) is 5.84 Å². The molecule has 0 aliphatic heterocycles. The second-order valence-corrected chi connectivity index (χ2v) is 4.78. The summed E-state index contributed by atoms with van der Waals surface area (Å²) in [6.45, 7) is 4.24. The number of hydrogen-bond donors (Lipinski definition) is 2. The first kappa shape index (κ1) is 11.3. The molecule has 2 rings (SSSR count). The molecule has 3 heteroatoms. The molecule has 1 unspecified atom stereocenters. The molecule has 1 aromatic carbocycles. The highest BCUT2D eigenvalue weighted by Crippen LogP contribution is 2.24. The first-order valence-electron chi connectivity index (χ1n) is 5.27. The second kappa shape index (κ2) is 4.78. The normalized spacial score (nSPS) is 12.7. The van der Waals surface area contributed by atoms with Crippen LogP contribution in [0.4, 0.5) is 0 Å². The van der Waals surface area contributed by atoms with Gasteiger partial charge in [-0.15, -0.1) is 0 Å². The zero-order valence-corrected chi connectivity index (χ0v) is 10.3. The molecule has 3 N–H and O–H groups in total. The third-order valence-corrected chi connectivity index (χ3v) is 3.61. The van der Waals surface area contributed by atoms with E-state index in [0.29, 0.717) is 0 Å². The Bertz CT molecular complexity index is 463. The highest BCUT2D eigenvalue weighted by atomic mass is 32.1. The number of thiophene rings is 1. The maximum Gasteiger partial charge on any atom is 0.0718 e. The lowest BCUT2D eigenvalue weighted by Gasteiger charge is -2.16. The largest absolute Gasteiger partial charge is 0.271 e.